The Morgan fingerprint density at radius 3 is 2.47 bits per heavy atom. The maximum atomic E-state index is 11.0. The van der Waals surface area contributed by atoms with Gasteiger partial charge in [-0.2, -0.15) is 0 Å². The molecule has 0 aromatic carbocycles. The Kier molecular flexibility index (Phi) is 6.41. The maximum absolute atomic E-state index is 11.0. The summed E-state index contributed by atoms with van der Waals surface area (Å²) in [5.74, 6) is 0.151. The minimum absolute atomic E-state index is 0.151. The van der Waals surface area contributed by atoms with E-state index in [0.717, 1.165) is 13.0 Å². The molecule has 0 aliphatic heterocycles. The SMILES string of the molecule is CNC(=O)CCCNC1CCCCCC1. The standard InChI is InChI=1S/C12H24N2O/c1-13-12(15)9-6-10-14-11-7-4-2-3-5-8-11/h11,14H,2-10H2,1H3,(H,13,15). The number of hydrogen-bond donors (Lipinski definition) is 2. The molecule has 0 aromatic heterocycles. The Morgan fingerprint density at radius 1 is 1.20 bits per heavy atom. The molecule has 1 amide bonds. The van der Waals surface area contributed by atoms with Crippen LogP contribution in [0.1, 0.15) is 51.4 Å². The van der Waals surface area contributed by atoms with Crippen molar-refractivity contribution >= 4 is 5.91 Å². The Bertz CT molecular complexity index is 174. The van der Waals surface area contributed by atoms with E-state index in [9.17, 15) is 4.79 Å². The molecule has 0 atom stereocenters. The van der Waals surface area contributed by atoms with Crippen LogP contribution in [0, 0.1) is 0 Å². The third kappa shape index (κ3) is 5.78. The predicted octanol–water partition coefficient (Wildman–Crippen LogP) is 1.82. The third-order valence-electron chi connectivity index (χ3n) is 3.15. The van der Waals surface area contributed by atoms with E-state index in [2.05, 4.69) is 10.6 Å². The summed E-state index contributed by atoms with van der Waals surface area (Å²) in [5, 5.41) is 6.21. The summed E-state index contributed by atoms with van der Waals surface area (Å²) in [5.41, 5.74) is 0. The van der Waals surface area contributed by atoms with E-state index in [1.807, 2.05) is 0 Å². The van der Waals surface area contributed by atoms with Crippen molar-refractivity contribution in [2.24, 2.45) is 0 Å². The zero-order valence-electron chi connectivity index (χ0n) is 9.85. The average molecular weight is 212 g/mol. The molecule has 1 aliphatic carbocycles. The van der Waals surface area contributed by atoms with E-state index in [0.29, 0.717) is 12.5 Å². The average Bonchev–Trinajstić information content (AvgIpc) is 2.52. The van der Waals surface area contributed by atoms with Gasteiger partial charge in [-0.05, 0) is 25.8 Å². The van der Waals surface area contributed by atoms with Crippen LogP contribution >= 0.6 is 0 Å². The number of carbonyl (C=O) groups excluding carboxylic acids is 1. The number of hydrogen-bond acceptors (Lipinski definition) is 2. The Morgan fingerprint density at radius 2 is 1.87 bits per heavy atom. The Balaban J connectivity index is 2.00. The molecule has 1 aliphatic rings. The van der Waals surface area contributed by atoms with Gasteiger partial charge in [0.2, 0.25) is 5.91 Å². The lowest BCUT2D eigenvalue weighted by Gasteiger charge is -2.15. The summed E-state index contributed by atoms with van der Waals surface area (Å²) in [6, 6.07) is 0.706. The first-order valence-corrected chi connectivity index (χ1v) is 6.27. The fourth-order valence-corrected chi connectivity index (χ4v) is 2.16. The zero-order chi connectivity index (χ0) is 10.9. The maximum Gasteiger partial charge on any atom is 0.219 e. The molecule has 1 fully saturated rings. The monoisotopic (exact) mass is 212 g/mol. The molecular weight excluding hydrogens is 188 g/mol. The van der Waals surface area contributed by atoms with Crippen molar-refractivity contribution in [1.29, 1.82) is 0 Å². The minimum atomic E-state index is 0.151. The molecule has 2 N–H and O–H groups in total. The summed E-state index contributed by atoms with van der Waals surface area (Å²) in [4.78, 5) is 11.0. The lowest BCUT2D eigenvalue weighted by molar-refractivity contribution is -0.120. The van der Waals surface area contributed by atoms with Crippen LogP contribution in [-0.4, -0.2) is 25.5 Å². The zero-order valence-corrected chi connectivity index (χ0v) is 9.85. The van der Waals surface area contributed by atoms with E-state index in [-0.39, 0.29) is 5.91 Å². The van der Waals surface area contributed by atoms with Gasteiger partial charge in [-0.1, -0.05) is 25.7 Å². The molecule has 0 saturated heterocycles. The normalized spacial score (nSPS) is 18.5. The first kappa shape index (κ1) is 12.5. The molecule has 15 heavy (non-hydrogen) atoms. The number of amides is 1. The summed E-state index contributed by atoms with van der Waals surface area (Å²) < 4.78 is 0. The van der Waals surface area contributed by atoms with Crippen LogP contribution in [-0.2, 0) is 4.79 Å². The number of rotatable bonds is 5. The van der Waals surface area contributed by atoms with Crippen LogP contribution in [0.3, 0.4) is 0 Å². The second-order valence-corrected chi connectivity index (χ2v) is 4.42. The quantitative estimate of drug-likeness (QED) is 0.539. The molecule has 0 unspecified atom stereocenters. The van der Waals surface area contributed by atoms with E-state index in [1.54, 1.807) is 7.05 Å². The smallest absolute Gasteiger partial charge is 0.219 e. The molecular formula is C12H24N2O. The van der Waals surface area contributed by atoms with Gasteiger partial charge in [-0.25, -0.2) is 0 Å². The lowest BCUT2D eigenvalue weighted by Crippen LogP contribution is -2.30. The molecule has 88 valence electrons. The molecule has 0 spiro atoms. The van der Waals surface area contributed by atoms with Crippen molar-refractivity contribution < 1.29 is 4.79 Å². The van der Waals surface area contributed by atoms with Crippen molar-refractivity contribution in [3.05, 3.63) is 0 Å². The molecule has 0 aromatic rings. The Hall–Kier alpha value is -0.570. The van der Waals surface area contributed by atoms with E-state index >= 15 is 0 Å². The van der Waals surface area contributed by atoms with Gasteiger partial charge in [0.1, 0.15) is 0 Å². The van der Waals surface area contributed by atoms with Gasteiger partial charge in [0.15, 0.2) is 0 Å². The highest BCUT2D eigenvalue weighted by Gasteiger charge is 2.10. The van der Waals surface area contributed by atoms with Gasteiger partial charge in [0.25, 0.3) is 0 Å². The number of nitrogens with one attached hydrogen (secondary N) is 2. The van der Waals surface area contributed by atoms with Gasteiger partial charge in [0.05, 0.1) is 0 Å². The van der Waals surface area contributed by atoms with E-state index in [1.165, 1.54) is 38.5 Å². The predicted molar refractivity (Wildman–Crippen MR) is 62.8 cm³/mol. The summed E-state index contributed by atoms with van der Waals surface area (Å²) >= 11 is 0. The fourth-order valence-electron chi connectivity index (χ4n) is 2.16. The van der Waals surface area contributed by atoms with Crippen molar-refractivity contribution in [3.8, 4) is 0 Å². The van der Waals surface area contributed by atoms with E-state index < -0.39 is 0 Å². The highest BCUT2D eigenvalue weighted by molar-refractivity contribution is 5.75. The lowest BCUT2D eigenvalue weighted by atomic mass is 10.1. The fraction of sp³-hybridized carbons (Fsp3) is 0.917. The first-order valence-electron chi connectivity index (χ1n) is 6.27. The van der Waals surface area contributed by atoms with Crippen LogP contribution in [0.4, 0.5) is 0 Å². The van der Waals surface area contributed by atoms with Crippen LogP contribution < -0.4 is 10.6 Å². The third-order valence-corrected chi connectivity index (χ3v) is 3.15. The first-order chi connectivity index (χ1) is 7.33. The second kappa shape index (κ2) is 7.69. The minimum Gasteiger partial charge on any atom is -0.359 e. The van der Waals surface area contributed by atoms with Gasteiger partial charge >= 0.3 is 0 Å². The van der Waals surface area contributed by atoms with Crippen molar-refractivity contribution in [2.45, 2.75) is 57.4 Å². The van der Waals surface area contributed by atoms with Crippen molar-refractivity contribution in [2.75, 3.05) is 13.6 Å². The second-order valence-electron chi connectivity index (χ2n) is 4.42. The molecule has 0 heterocycles. The molecule has 1 saturated carbocycles. The summed E-state index contributed by atoms with van der Waals surface area (Å²) in [6.07, 6.45) is 9.78. The molecule has 0 bridgehead atoms. The van der Waals surface area contributed by atoms with Crippen LogP contribution in [0.15, 0.2) is 0 Å². The summed E-state index contributed by atoms with van der Waals surface area (Å²) in [6.45, 7) is 0.984. The molecule has 0 radical (unpaired) electrons. The summed E-state index contributed by atoms with van der Waals surface area (Å²) in [7, 11) is 1.70. The molecule has 3 heteroatoms. The van der Waals surface area contributed by atoms with Crippen LogP contribution in [0.25, 0.3) is 0 Å². The topological polar surface area (TPSA) is 41.1 Å². The van der Waals surface area contributed by atoms with Crippen molar-refractivity contribution in [1.82, 2.24) is 10.6 Å². The highest BCUT2D eigenvalue weighted by atomic mass is 16.1. The van der Waals surface area contributed by atoms with Crippen LogP contribution in [0.2, 0.25) is 0 Å². The largest absolute Gasteiger partial charge is 0.359 e. The van der Waals surface area contributed by atoms with Gasteiger partial charge in [-0.3, -0.25) is 4.79 Å². The molecule has 3 nitrogen and oxygen atoms in total. The Labute approximate surface area is 93.0 Å². The van der Waals surface area contributed by atoms with Crippen molar-refractivity contribution in [3.63, 3.8) is 0 Å². The van der Waals surface area contributed by atoms with Gasteiger partial charge in [0, 0.05) is 19.5 Å². The van der Waals surface area contributed by atoms with E-state index in [4.69, 9.17) is 0 Å². The van der Waals surface area contributed by atoms with Crippen LogP contribution in [0.5, 0.6) is 0 Å². The van der Waals surface area contributed by atoms with Gasteiger partial charge in [-0.15, -0.1) is 0 Å². The number of carbonyl (C=O) groups is 1. The molecule has 1 rings (SSSR count). The highest BCUT2D eigenvalue weighted by Crippen LogP contribution is 2.16. The van der Waals surface area contributed by atoms with Gasteiger partial charge < -0.3 is 10.6 Å².